The molecule has 118 valence electrons. The van der Waals surface area contributed by atoms with Gasteiger partial charge in [0, 0.05) is 25.0 Å². The Labute approximate surface area is 126 Å². The number of hydrogen-bond donors (Lipinski definition) is 2. The molecule has 1 atom stereocenters. The SMILES string of the molecule is CCC(C)c1ccnc(NCCNC(=O)OC(C)(C)C)n1. The van der Waals surface area contributed by atoms with E-state index in [0.717, 1.165) is 12.1 Å². The van der Waals surface area contributed by atoms with Crippen LogP contribution in [0.25, 0.3) is 0 Å². The maximum atomic E-state index is 11.5. The topological polar surface area (TPSA) is 76.1 Å². The third-order valence-corrected chi connectivity index (χ3v) is 2.87. The average molecular weight is 294 g/mol. The molecule has 0 fully saturated rings. The van der Waals surface area contributed by atoms with E-state index in [-0.39, 0.29) is 0 Å². The number of aromatic nitrogens is 2. The maximum absolute atomic E-state index is 11.5. The molecule has 0 radical (unpaired) electrons. The number of anilines is 1. The van der Waals surface area contributed by atoms with Gasteiger partial charge in [-0.15, -0.1) is 0 Å². The molecule has 1 heterocycles. The number of amides is 1. The van der Waals surface area contributed by atoms with Crippen molar-refractivity contribution in [1.82, 2.24) is 15.3 Å². The molecule has 2 N–H and O–H groups in total. The van der Waals surface area contributed by atoms with Gasteiger partial charge in [-0.2, -0.15) is 0 Å². The summed E-state index contributed by atoms with van der Waals surface area (Å²) in [7, 11) is 0. The molecular weight excluding hydrogens is 268 g/mol. The molecular formula is C15H26N4O2. The Morgan fingerprint density at radius 2 is 2.10 bits per heavy atom. The summed E-state index contributed by atoms with van der Waals surface area (Å²) < 4.78 is 5.15. The van der Waals surface area contributed by atoms with Crippen LogP contribution in [0.3, 0.4) is 0 Å². The van der Waals surface area contributed by atoms with E-state index in [1.165, 1.54) is 0 Å². The van der Waals surface area contributed by atoms with Crippen LogP contribution >= 0.6 is 0 Å². The molecule has 0 spiro atoms. The average Bonchev–Trinajstić information content (AvgIpc) is 2.41. The highest BCUT2D eigenvalue weighted by Crippen LogP contribution is 2.16. The number of alkyl carbamates (subject to hydrolysis) is 1. The highest BCUT2D eigenvalue weighted by molar-refractivity contribution is 5.67. The largest absolute Gasteiger partial charge is 0.444 e. The molecule has 21 heavy (non-hydrogen) atoms. The summed E-state index contributed by atoms with van der Waals surface area (Å²) >= 11 is 0. The molecule has 0 saturated heterocycles. The highest BCUT2D eigenvalue weighted by Gasteiger charge is 2.15. The minimum atomic E-state index is -0.481. The van der Waals surface area contributed by atoms with Crippen LogP contribution in [0.1, 0.15) is 52.7 Å². The lowest BCUT2D eigenvalue weighted by atomic mass is 10.1. The predicted octanol–water partition coefficient (Wildman–Crippen LogP) is 2.93. The fourth-order valence-electron chi connectivity index (χ4n) is 1.59. The van der Waals surface area contributed by atoms with E-state index in [0.29, 0.717) is 25.0 Å². The van der Waals surface area contributed by atoms with Crippen molar-refractivity contribution in [2.45, 2.75) is 52.6 Å². The summed E-state index contributed by atoms with van der Waals surface area (Å²) in [4.78, 5) is 20.1. The van der Waals surface area contributed by atoms with Gasteiger partial charge in [-0.1, -0.05) is 13.8 Å². The summed E-state index contributed by atoms with van der Waals surface area (Å²) in [5, 5.41) is 5.77. The number of rotatable bonds is 6. The van der Waals surface area contributed by atoms with Gasteiger partial charge >= 0.3 is 6.09 Å². The molecule has 6 nitrogen and oxygen atoms in total. The van der Waals surface area contributed by atoms with Gasteiger partial charge in [-0.25, -0.2) is 14.8 Å². The van der Waals surface area contributed by atoms with Gasteiger partial charge in [0.1, 0.15) is 5.60 Å². The molecule has 0 bridgehead atoms. The van der Waals surface area contributed by atoms with Crippen molar-refractivity contribution in [3.8, 4) is 0 Å². The predicted molar refractivity (Wildman–Crippen MR) is 83.5 cm³/mol. The van der Waals surface area contributed by atoms with Gasteiger partial charge < -0.3 is 15.4 Å². The van der Waals surface area contributed by atoms with E-state index in [9.17, 15) is 4.79 Å². The molecule has 1 rings (SSSR count). The number of hydrogen-bond acceptors (Lipinski definition) is 5. The second-order valence-corrected chi connectivity index (χ2v) is 5.97. The quantitative estimate of drug-likeness (QED) is 0.789. The first-order valence-corrected chi connectivity index (χ1v) is 7.35. The van der Waals surface area contributed by atoms with E-state index in [1.54, 1.807) is 6.20 Å². The summed E-state index contributed by atoms with van der Waals surface area (Å²) in [6.45, 7) is 10.8. The lowest BCUT2D eigenvalue weighted by molar-refractivity contribution is 0.0530. The third kappa shape index (κ3) is 6.92. The van der Waals surface area contributed by atoms with Crippen LogP contribution in [0.5, 0.6) is 0 Å². The maximum Gasteiger partial charge on any atom is 0.407 e. The number of ether oxygens (including phenoxy) is 1. The number of nitrogens with one attached hydrogen (secondary N) is 2. The van der Waals surface area contributed by atoms with Gasteiger partial charge in [0.15, 0.2) is 0 Å². The number of carbonyl (C=O) groups excluding carboxylic acids is 1. The van der Waals surface area contributed by atoms with Crippen molar-refractivity contribution >= 4 is 12.0 Å². The van der Waals surface area contributed by atoms with Crippen LogP contribution < -0.4 is 10.6 Å². The van der Waals surface area contributed by atoms with Gasteiger partial charge in [0.25, 0.3) is 0 Å². The van der Waals surface area contributed by atoms with Crippen molar-refractivity contribution in [2.24, 2.45) is 0 Å². The Kier molecular flexibility index (Phi) is 6.39. The summed E-state index contributed by atoms with van der Waals surface area (Å²) in [5.74, 6) is 0.993. The molecule has 0 aliphatic heterocycles. The molecule has 0 aliphatic rings. The minimum absolute atomic E-state index is 0.411. The van der Waals surface area contributed by atoms with E-state index in [1.807, 2.05) is 26.8 Å². The van der Waals surface area contributed by atoms with Gasteiger partial charge in [-0.3, -0.25) is 0 Å². The smallest absolute Gasteiger partial charge is 0.407 e. The van der Waals surface area contributed by atoms with E-state index in [2.05, 4.69) is 34.4 Å². The minimum Gasteiger partial charge on any atom is -0.444 e. The first-order chi connectivity index (χ1) is 9.81. The van der Waals surface area contributed by atoms with Crippen LogP contribution in [0.2, 0.25) is 0 Å². The summed E-state index contributed by atoms with van der Waals surface area (Å²) in [6.07, 6.45) is 2.37. The fourth-order valence-corrected chi connectivity index (χ4v) is 1.59. The Morgan fingerprint density at radius 3 is 2.71 bits per heavy atom. The monoisotopic (exact) mass is 294 g/mol. The van der Waals surface area contributed by atoms with Crippen molar-refractivity contribution in [3.05, 3.63) is 18.0 Å². The van der Waals surface area contributed by atoms with Crippen molar-refractivity contribution in [3.63, 3.8) is 0 Å². The van der Waals surface area contributed by atoms with Crippen molar-refractivity contribution in [2.75, 3.05) is 18.4 Å². The number of nitrogens with zero attached hydrogens (tertiary/aromatic N) is 2. The zero-order valence-corrected chi connectivity index (χ0v) is 13.6. The Balaban J connectivity index is 2.34. The second-order valence-electron chi connectivity index (χ2n) is 5.97. The first-order valence-electron chi connectivity index (χ1n) is 7.35. The van der Waals surface area contributed by atoms with Crippen LogP contribution in [-0.4, -0.2) is 34.8 Å². The molecule has 0 saturated carbocycles. The van der Waals surface area contributed by atoms with E-state index >= 15 is 0 Å². The lowest BCUT2D eigenvalue weighted by Gasteiger charge is -2.19. The molecule has 0 aliphatic carbocycles. The van der Waals surface area contributed by atoms with E-state index < -0.39 is 11.7 Å². The summed E-state index contributed by atoms with van der Waals surface area (Å²) in [5.41, 5.74) is 0.542. The van der Waals surface area contributed by atoms with E-state index in [4.69, 9.17) is 4.74 Å². The molecule has 1 aromatic heterocycles. The van der Waals surface area contributed by atoms with Gasteiger partial charge in [-0.05, 0) is 39.2 Å². The summed E-state index contributed by atoms with van der Waals surface area (Å²) in [6, 6.07) is 1.93. The normalized spacial score (nSPS) is 12.6. The van der Waals surface area contributed by atoms with Gasteiger partial charge in [0.2, 0.25) is 5.95 Å². The van der Waals surface area contributed by atoms with Crippen molar-refractivity contribution < 1.29 is 9.53 Å². The Hall–Kier alpha value is -1.85. The highest BCUT2D eigenvalue weighted by atomic mass is 16.6. The van der Waals surface area contributed by atoms with Crippen LogP contribution in [0.15, 0.2) is 12.3 Å². The number of carbonyl (C=O) groups is 1. The lowest BCUT2D eigenvalue weighted by Crippen LogP contribution is -2.35. The standard InChI is InChI=1S/C15H26N4O2/c1-6-11(2)12-7-8-16-13(19-12)17-9-10-18-14(20)21-15(3,4)5/h7-8,11H,6,9-10H2,1-5H3,(H,18,20)(H,16,17,19). The zero-order chi connectivity index (χ0) is 15.9. The molecule has 1 aromatic rings. The fraction of sp³-hybridized carbons (Fsp3) is 0.667. The molecule has 1 unspecified atom stereocenters. The second kappa shape index (κ2) is 7.81. The van der Waals surface area contributed by atoms with Crippen LogP contribution in [-0.2, 0) is 4.74 Å². The first kappa shape index (κ1) is 17.2. The van der Waals surface area contributed by atoms with Crippen molar-refractivity contribution in [1.29, 1.82) is 0 Å². The van der Waals surface area contributed by atoms with Gasteiger partial charge in [0.05, 0.1) is 0 Å². The van der Waals surface area contributed by atoms with Crippen LogP contribution in [0.4, 0.5) is 10.7 Å². The molecule has 0 aromatic carbocycles. The Bertz CT molecular complexity index is 457. The third-order valence-electron chi connectivity index (χ3n) is 2.87. The molecule has 1 amide bonds. The zero-order valence-electron chi connectivity index (χ0n) is 13.6. The molecule has 6 heteroatoms. The Morgan fingerprint density at radius 1 is 1.38 bits per heavy atom. The van der Waals surface area contributed by atoms with Crippen LogP contribution in [0, 0.1) is 0 Å².